The lowest BCUT2D eigenvalue weighted by Crippen LogP contribution is -2.31. The van der Waals surface area contributed by atoms with E-state index in [4.69, 9.17) is 51.8 Å². The highest BCUT2D eigenvalue weighted by Gasteiger charge is 2.18. The van der Waals surface area contributed by atoms with Crippen LogP contribution in [0.5, 0.6) is 5.75 Å². The predicted molar refractivity (Wildman–Crippen MR) is 94.6 cm³/mol. The van der Waals surface area contributed by atoms with Crippen molar-refractivity contribution in [2.75, 3.05) is 5.32 Å². The van der Waals surface area contributed by atoms with E-state index in [1.807, 2.05) is 0 Å². The zero-order valence-corrected chi connectivity index (χ0v) is 14.0. The van der Waals surface area contributed by atoms with Crippen LogP contribution >= 0.6 is 47.0 Å². The van der Waals surface area contributed by atoms with Crippen LogP contribution in [0.4, 0.5) is 5.69 Å². The summed E-state index contributed by atoms with van der Waals surface area (Å²) in [4.78, 5) is 0. The Morgan fingerprint density at radius 1 is 1.05 bits per heavy atom. The number of benzene rings is 2. The average Bonchev–Trinajstić information content (AvgIpc) is 2.44. The third-order valence-electron chi connectivity index (χ3n) is 2.64. The Bertz CT molecular complexity index is 715. The summed E-state index contributed by atoms with van der Waals surface area (Å²) in [5, 5.41) is 22.0. The van der Waals surface area contributed by atoms with Crippen LogP contribution in [0.3, 0.4) is 0 Å². The second kappa shape index (κ2) is 7.50. The van der Waals surface area contributed by atoms with Gasteiger partial charge in [-0.25, -0.2) is 0 Å². The quantitative estimate of drug-likeness (QED) is 0.568. The number of thiocarbonyl (C=S) groups is 1. The average molecular weight is 376 g/mol. The summed E-state index contributed by atoms with van der Waals surface area (Å²) in [6, 6.07) is 9.57. The molecule has 2 aromatic carbocycles. The van der Waals surface area contributed by atoms with Crippen LogP contribution in [0.1, 0.15) is 0 Å². The van der Waals surface area contributed by atoms with Crippen molar-refractivity contribution in [2.24, 2.45) is 0 Å². The van der Waals surface area contributed by atoms with Crippen molar-refractivity contribution in [2.45, 2.75) is 0 Å². The maximum Gasteiger partial charge on any atom is 0.490 e. The summed E-state index contributed by atoms with van der Waals surface area (Å²) < 4.78 is 5.41. The first-order valence-electron chi connectivity index (χ1n) is 5.97. The molecule has 3 N–H and O–H groups in total. The van der Waals surface area contributed by atoms with E-state index in [-0.39, 0.29) is 20.7 Å². The molecule has 0 aliphatic heterocycles. The van der Waals surface area contributed by atoms with E-state index in [1.54, 1.807) is 24.3 Å². The summed E-state index contributed by atoms with van der Waals surface area (Å²) in [6.45, 7) is 0. The number of halogens is 3. The van der Waals surface area contributed by atoms with Crippen molar-refractivity contribution >= 4 is 70.5 Å². The molecule has 0 fully saturated rings. The standard InChI is InChI=1S/C13H9BCl3NO3S/c15-8-3-1-2-4-12(8)21-13(22)18-11-5-7(14(19)20)9(16)6-10(11)17/h1-6,19-20H,(H,18,22). The normalized spacial score (nSPS) is 10.2. The molecule has 0 saturated carbocycles. The molecule has 4 nitrogen and oxygen atoms in total. The second-order valence-electron chi connectivity index (χ2n) is 4.17. The Morgan fingerprint density at radius 2 is 1.73 bits per heavy atom. The van der Waals surface area contributed by atoms with Crippen LogP contribution in [0, 0.1) is 0 Å². The summed E-state index contributed by atoms with van der Waals surface area (Å²) in [5.74, 6) is 0.383. The molecule has 0 spiro atoms. The molecule has 0 saturated heterocycles. The SMILES string of the molecule is OB(O)c1cc(NC(=S)Oc2ccccc2Cl)c(Cl)cc1Cl. The van der Waals surface area contributed by atoms with E-state index in [2.05, 4.69) is 5.32 Å². The fourth-order valence-corrected chi connectivity index (χ4v) is 2.52. The van der Waals surface area contributed by atoms with Crippen LogP contribution in [-0.2, 0) is 0 Å². The van der Waals surface area contributed by atoms with Gasteiger partial charge in [-0.3, -0.25) is 0 Å². The fraction of sp³-hybridized carbons (Fsp3) is 0. The van der Waals surface area contributed by atoms with Gasteiger partial charge in [-0.1, -0.05) is 46.9 Å². The van der Waals surface area contributed by atoms with Crippen molar-refractivity contribution in [3.05, 3.63) is 51.5 Å². The third kappa shape index (κ3) is 4.26. The molecule has 0 aromatic heterocycles. The molecule has 0 amide bonds. The van der Waals surface area contributed by atoms with E-state index in [0.717, 1.165) is 0 Å². The number of ether oxygens (including phenoxy) is 1. The van der Waals surface area contributed by atoms with Gasteiger partial charge in [-0.15, -0.1) is 0 Å². The molecule has 0 aliphatic rings. The van der Waals surface area contributed by atoms with Gasteiger partial charge in [0.2, 0.25) is 0 Å². The lowest BCUT2D eigenvalue weighted by Gasteiger charge is -2.13. The lowest BCUT2D eigenvalue weighted by molar-refractivity contribution is 0.426. The minimum absolute atomic E-state index is 0.00398. The van der Waals surface area contributed by atoms with Crippen LogP contribution in [0.25, 0.3) is 0 Å². The summed E-state index contributed by atoms with van der Waals surface area (Å²) in [5.41, 5.74) is 0.417. The Labute approximate surface area is 147 Å². The number of hydrogen-bond acceptors (Lipinski definition) is 4. The van der Waals surface area contributed by atoms with Crippen LogP contribution < -0.4 is 15.5 Å². The van der Waals surface area contributed by atoms with Crippen LogP contribution in [0.2, 0.25) is 15.1 Å². The van der Waals surface area contributed by atoms with E-state index in [1.165, 1.54) is 12.1 Å². The fourth-order valence-electron chi connectivity index (χ4n) is 1.62. The molecule has 0 bridgehead atoms. The third-order valence-corrected chi connectivity index (χ3v) is 3.78. The zero-order chi connectivity index (χ0) is 16.3. The molecule has 0 unspecified atom stereocenters. The number of hydrogen-bond donors (Lipinski definition) is 3. The molecule has 0 heterocycles. The summed E-state index contributed by atoms with van der Waals surface area (Å²) in [7, 11) is -1.73. The minimum atomic E-state index is -1.73. The van der Waals surface area contributed by atoms with Crippen molar-refractivity contribution < 1.29 is 14.8 Å². The van der Waals surface area contributed by atoms with Gasteiger partial charge in [0.05, 0.1) is 15.7 Å². The van der Waals surface area contributed by atoms with Crippen molar-refractivity contribution in [1.82, 2.24) is 0 Å². The van der Waals surface area contributed by atoms with Gasteiger partial charge < -0.3 is 20.1 Å². The Morgan fingerprint density at radius 3 is 2.36 bits per heavy atom. The maximum atomic E-state index is 9.24. The van der Waals surface area contributed by atoms with Crippen molar-refractivity contribution in [3.8, 4) is 5.75 Å². The molecular weight excluding hydrogens is 367 g/mol. The topological polar surface area (TPSA) is 61.7 Å². The first-order chi connectivity index (χ1) is 10.4. The predicted octanol–water partition coefficient (Wildman–Crippen LogP) is 3.10. The summed E-state index contributed by atoms with van der Waals surface area (Å²) >= 11 is 22.9. The van der Waals surface area contributed by atoms with Crippen molar-refractivity contribution in [1.29, 1.82) is 0 Å². The van der Waals surface area contributed by atoms with Gasteiger partial charge in [0.1, 0.15) is 5.75 Å². The molecule has 22 heavy (non-hydrogen) atoms. The maximum absolute atomic E-state index is 9.24. The number of para-hydroxylation sites is 1. The Hall–Kier alpha value is -1.02. The molecular formula is C13H9BCl3NO3S. The molecule has 9 heteroatoms. The van der Waals surface area contributed by atoms with E-state index >= 15 is 0 Å². The van der Waals surface area contributed by atoms with Crippen molar-refractivity contribution in [3.63, 3.8) is 0 Å². The number of rotatable bonds is 3. The first-order valence-corrected chi connectivity index (χ1v) is 7.51. The highest BCUT2D eigenvalue weighted by Crippen LogP contribution is 2.26. The molecule has 114 valence electrons. The number of anilines is 1. The van der Waals surface area contributed by atoms with Gasteiger partial charge >= 0.3 is 7.12 Å². The first kappa shape index (κ1) is 17.3. The monoisotopic (exact) mass is 375 g/mol. The highest BCUT2D eigenvalue weighted by molar-refractivity contribution is 7.80. The molecule has 2 rings (SSSR count). The molecule has 0 aliphatic carbocycles. The highest BCUT2D eigenvalue weighted by atomic mass is 35.5. The van der Waals surface area contributed by atoms with Gasteiger partial charge in [0.25, 0.3) is 5.17 Å². The van der Waals surface area contributed by atoms with E-state index in [0.29, 0.717) is 16.5 Å². The van der Waals surface area contributed by atoms with Crippen LogP contribution in [-0.4, -0.2) is 22.3 Å². The Kier molecular flexibility index (Phi) is 5.91. The lowest BCUT2D eigenvalue weighted by atomic mass is 9.80. The summed E-state index contributed by atoms with van der Waals surface area (Å²) in [6.07, 6.45) is 0. The number of nitrogens with one attached hydrogen (secondary N) is 1. The Balaban J connectivity index is 2.18. The molecule has 0 atom stereocenters. The smallest absolute Gasteiger partial charge is 0.430 e. The molecule has 0 radical (unpaired) electrons. The zero-order valence-electron chi connectivity index (χ0n) is 10.9. The van der Waals surface area contributed by atoms with Gasteiger partial charge in [-0.05, 0) is 36.5 Å². The van der Waals surface area contributed by atoms with E-state index in [9.17, 15) is 10.0 Å². The largest absolute Gasteiger partial charge is 0.490 e. The van der Waals surface area contributed by atoms with Crippen LogP contribution in [0.15, 0.2) is 36.4 Å². The second-order valence-corrected chi connectivity index (χ2v) is 5.76. The van der Waals surface area contributed by atoms with Gasteiger partial charge in [0, 0.05) is 10.5 Å². The van der Waals surface area contributed by atoms with E-state index < -0.39 is 7.12 Å². The van der Waals surface area contributed by atoms with Gasteiger partial charge in [0.15, 0.2) is 0 Å². The molecule has 2 aromatic rings. The minimum Gasteiger partial charge on any atom is -0.430 e. The van der Waals surface area contributed by atoms with Gasteiger partial charge in [-0.2, -0.15) is 0 Å².